The minimum Gasteiger partial charge on any atom is -0.545 e. The van der Waals surface area contributed by atoms with Crippen LogP contribution in [0.25, 0.3) is 0 Å². The van der Waals surface area contributed by atoms with Crippen molar-refractivity contribution in [2.45, 2.75) is 34.6 Å². The van der Waals surface area contributed by atoms with E-state index in [4.69, 9.17) is 14.4 Å². The molecule has 0 unspecified atom stereocenters. The first-order valence-corrected chi connectivity index (χ1v) is 4.46. The third kappa shape index (κ3) is 9.23. The minimum atomic E-state index is 0. The Bertz CT molecular complexity index is 263. The van der Waals surface area contributed by atoms with Gasteiger partial charge >= 0.3 is 0 Å². The van der Waals surface area contributed by atoms with Gasteiger partial charge in [-0.2, -0.15) is 11.1 Å². The van der Waals surface area contributed by atoms with Crippen molar-refractivity contribution < 1.29 is 35.4 Å². The van der Waals surface area contributed by atoms with Crippen molar-refractivity contribution in [2.24, 2.45) is 5.41 Å². The number of rotatable bonds is 0. The molecule has 0 bridgehead atoms. The van der Waals surface area contributed by atoms with Crippen LogP contribution in [0.1, 0.15) is 34.6 Å². The van der Waals surface area contributed by atoms with Gasteiger partial charge in [-0.3, -0.25) is 26.4 Å². The zero-order valence-corrected chi connectivity index (χ0v) is 14.8. The fourth-order valence-corrected chi connectivity index (χ4v) is 1.41. The molecule has 0 aromatic carbocycles. The summed E-state index contributed by atoms with van der Waals surface area (Å²) in [7, 11) is 0. The molecular formula is C14H21O3W-5. The first kappa shape index (κ1) is 30.3. The van der Waals surface area contributed by atoms with Gasteiger partial charge in [-0.1, -0.05) is 33.1 Å². The molecule has 0 aromatic rings. The summed E-state index contributed by atoms with van der Waals surface area (Å²) in [5.74, 6) is 0. The normalized spacial score (nSPS) is 13.7. The van der Waals surface area contributed by atoms with E-state index in [9.17, 15) is 0 Å². The van der Waals surface area contributed by atoms with E-state index in [1.165, 1.54) is 16.7 Å². The molecule has 1 aliphatic carbocycles. The monoisotopic (exact) mass is 421 g/mol. The maximum atomic E-state index is 7.75. The third-order valence-electron chi connectivity index (χ3n) is 2.56. The van der Waals surface area contributed by atoms with Crippen molar-refractivity contribution in [2.75, 3.05) is 0 Å². The zero-order chi connectivity index (χ0) is 13.9. The van der Waals surface area contributed by atoms with Crippen molar-refractivity contribution in [1.29, 1.82) is 0 Å². The maximum Gasteiger partial charge on any atom is 0 e. The number of allylic oxidation sites excluding steroid dienone is 4. The average molecular weight is 421 g/mol. The van der Waals surface area contributed by atoms with Crippen molar-refractivity contribution in [3.63, 3.8) is 0 Å². The Kier molecular flexibility index (Phi) is 27.2. The summed E-state index contributed by atoms with van der Waals surface area (Å²) < 4.78 is 0. The summed E-state index contributed by atoms with van der Waals surface area (Å²) in [6, 6.07) is 0. The van der Waals surface area contributed by atoms with Gasteiger partial charge in [0.1, 0.15) is 0 Å². The van der Waals surface area contributed by atoms with Crippen molar-refractivity contribution in [3.05, 3.63) is 30.2 Å². The Balaban J connectivity index is -0.0000000623. The minimum absolute atomic E-state index is 0. The van der Waals surface area contributed by atoms with E-state index in [1.54, 1.807) is 0 Å². The molecule has 0 aromatic heterocycles. The molecule has 0 heterocycles. The fraction of sp³-hybridized carbons (Fsp3) is 0.429. The molecule has 1 rings (SSSR count). The molecule has 0 amide bonds. The smallest absolute Gasteiger partial charge is 0 e. The van der Waals surface area contributed by atoms with Gasteiger partial charge in [-0.25, -0.2) is 5.57 Å². The molecule has 0 atom stereocenters. The first-order valence-electron chi connectivity index (χ1n) is 4.46. The molecule has 0 fully saturated rings. The number of carbonyl (C=O) groups excluding carboxylic acids is 3. The van der Waals surface area contributed by atoms with E-state index in [0.29, 0.717) is 0 Å². The van der Waals surface area contributed by atoms with Gasteiger partial charge in [0.2, 0.25) is 0 Å². The van der Waals surface area contributed by atoms with E-state index in [-0.39, 0.29) is 33.9 Å². The van der Waals surface area contributed by atoms with Crippen LogP contribution in [-0.4, -0.2) is 20.4 Å². The largest absolute Gasteiger partial charge is 0.545 e. The summed E-state index contributed by atoms with van der Waals surface area (Å²) in [6.07, 6.45) is 3.44. The van der Waals surface area contributed by atoms with Gasteiger partial charge in [0.05, 0.1) is 0 Å². The van der Waals surface area contributed by atoms with Gasteiger partial charge in [0.15, 0.2) is 0 Å². The SMILES string of the molecule is CC1=[C-]C(C)(C)C(C)=C1C.[CH-]=O.[CH-]=O.[CH-]=O.[CH3-].[W]. The van der Waals surface area contributed by atoms with Crippen LogP contribution in [-0.2, 0) is 35.4 Å². The molecule has 0 aliphatic heterocycles. The Morgan fingerprint density at radius 1 is 0.889 bits per heavy atom. The van der Waals surface area contributed by atoms with Crippen LogP contribution in [0.5, 0.6) is 0 Å². The molecule has 4 heteroatoms. The standard InChI is InChI=1S/C10H15.3CHO.CH3.W/c1-7-6-10(4,5)9(3)8(7)2;3*1-2;;/h1-5H3;3*1H;1H3;/q5*-1;. The molecule has 0 saturated carbocycles. The van der Waals surface area contributed by atoms with Gasteiger partial charge < -0.3 is 21.8 Å². The topological polar surface area (TPSA) is 51.2 Å². The van der Waals surface area contributed by atoms with Gasteiger partial charge in [0, 0.05) is 21.1 Å². The van der Waals surface area contributed by atoms with Crippen LogP contribution >= 0.6 is 0 Å². The molecule has 0 spiro atoms. The summed E-state index contributed by atoms with van der Waals surface area (Å²) >= 11 is 0. The van der Waals surface area contributed by atoms with Gasteiger partial charge in [-0.15, -0.1) is 6.92 Å². The predicted octanol–water partition coefficient (Wildman–Crippen LogP) is 2.74. The molecule has 0 saturated heterocycles. The van der Waals surface area contributed by atoms with Crippen LogP contribution in [0, 0.1) is 18.9 Å². The molecular weight excluding hydrogens is 400 g/mol. The second-order valence-corrected chi connectivity index (χ2v) is 3.62. The second-order valence-electron chi connectivity index (χ2n) is 3.62. The Morgan fingerprint density at radius 3 is 1.22 bits per heavy atom. The number of hydrogen-bond acceptors (Lipinski definition) is 3. The van der Waals surface area contributed by atoms with Crippen LogP contribution < -0.4 is 0 Å². The van der Waals surface area contributed by atoms with Crippen LogP contribution in [0.4, 0.5) is 0 Å². The van der Waals surface area contributed by atoms with Gasteiger partial charge in [-0.05, 0) is 0 Å². The summed E-state index contributed by atoms with van der Waals surface area (Å²) in [6.45, 7) is 20.7. The van der Waals surface area contributed by atoms with Crippen LogP contribution in [0.2, 0.25) is 0 Å². The van der Waals surface area contributed by atoms with E-state index in [0.717, 1.165) is 0 Å². The summed E-state index contributed by atoms with van der Waals surface area (Å²) in [5.41, 5.74) is 4.39. The van der Waals surface area contributed by atoms with Crippen molar-refractivity contribution in [3.8, 4) is 0 Å². The molecule has 0 N–H and O–H groups in total. The Morgan fingerprint density at radius 2 is 1.17 bits per heavy atom. The number of hydrogen-bond donors (Lipinski definition) is 0. The van der Waals surface area contributed by atoms with E-state index >= 15 is 0 Å². The molecule has 3 nitrogen and oxygen atoms in total. The summed E-state index contributed by atoms with van der Waals surface area (Å²) in [4.78, 5) is 23.2. The second kappa shape index (κ2) is 16.2. The Labute approximate surface area is 126 Å². The molecule has 0 radical (unpaired) electrons. The first-order chi connectivity index (χ1) is 7.45. The molecule has 106 valence electrons. The molecule has 1 aliphatic rings. The van der Waals surface area contributed by atoms with E-state index in [1.807, 2.05) is 0 Å². The average Bonchev–Trinajstić information content (AvgIpc) is 2.50. The van der Waals surface area contributed by atoms with Crippen molar-refractivity contribution >= 4 is 20.4 Å². The quantitative estimate of drug-likeness (QED) is 0.447. The maximum absolute atomic E-state index is 7.75. The van der Waals surface area contributed by atoms with E-state index < -0.39 is 0 Å². The van der Waals surface area contributed by atoms with Gasteiger partial charge in [0.25, 0.3) is 0 Å². The van der Waals surface area contributed by atoms with Crippen LogP contribution in [0.3, 0.4) is 0 Å². The molecule has 18 heavy (non-hydrogen) atoms. The zero-order valence-electron chi connectivity index (χ0n) is 11.9. The predicted molar refractivity (Wildman–Crippen MR) is 71.3 cm³/mol. The fourth-order valence-electron chi connectivity index (χ4n) is 1.41. The van der Waals surface area contributed by atoms with E-state index in [2.05, 4.69) is 61.1 Å². The third-order valence-corrected chi connectivity index (χ3v) is 2.56. The Hall–Kier alpha value is -0.822. The van der Waals surface area contributed by atoms with Crippen molar-refractivity contribution in [1.82, 2.24) is 0 Å². The van der Waals surface area contributed by atoms with Crippen LogP contribution in [0.15, 0.2) is 16.7 Å². The summed E-state index contributed by atoms with van der Waals surface area (Å²) in [5, 5.41) is 0.